The Bertz CT molecular complexity index is 685. The van der Waals surface area contributed by atoms with Gasteiger partial charge in [0.1, 0.15) is 11.5 Å². The van der Waals surface area contributed by atoms with Crippen LogP contribution in [0.3, 0.4) is 0 Å². The molecule has 2 nitrogen and oxygen atoms in total. The van der Waals surface area contributed by atoms with Gasteiger partial charge >= 0.3 is 0 Å². The first kappa shape index (κ1) is 12.5. The summed E-state index contributed by atoms with van der Waals surface area (Å²) in [6, 6.07) is 22.7. The van der Waals surface area contributed by atoms with E-state index in [1.54, 1.807) is 0 Å². The maximum Gasteiger partial charge on any atom is 0.123 e. The number of rotatable bonds is 4. The van der Waals surface area contributed by atoms with E-state index in [9.17, 15) is 0 Å². The molecule has 0 saturated carbocycles. The fraction of sp³-hybridized carbons (Fsp3) is 0.111. The molecule has 20 heavy (non-hydrogen) atoms. The summed E-state index contributed by atoms with van der Waals surface area (Å²) in [7, 11) is 0. The number of benzene rings is 2. The van der Waals surface area contributed by atoms with Crippen molar-refractivity contribution in [3.63, 3.8) is 0 Å². The molecule has 3 rings (SSSR count). The van der Waals surface area contributed by atoms with E-state index in [-0.39, 0.29) is 0 Å². The van der Waals surface area contributed by atoms with Crippen molar-refractivity contribution in [2.24, 2.45) is 0 Å². The SMILES string of the molecule is Cc1ccc(CNc2ccccc2-c2ccccc2)o1. The molecule has 0 aliphatic carbocycles. The van der Waals surface area contributed by atoms with E-state index in [0.29, 0.717) is 6.54 Å². The topological polar surface area (TPSA) is 25.2 Å². The number of furan rings is 1. The molecule has 0 aliphatic heterocycles. The second-order valence-corrected chi connectivity index (χ2v) is 4.78. The monoisotopic (exact) mass is 263 g/mol. The largest absolute Gasteiger partial charge is 0.465 e. The third-order valence-corrected chi connectivity index (χ3v) is 3.26. The van der Waals surface area contributed by atoms with E-state index in [1.807, 2.05) is 31.2 Å². The van der Waals surface area contributed by atoms with Crippen molar-refractivity contribution in [2.75, 3.05) is 5.32 Å². The number of aryl methyl sites for hydroxylation is 1. The lowest BCUT2D eigenvalue weighted by molar-refractivity contribution is 0.490. The van der Waals surface area contributed by atoms with Gasteiger partial charge in [0.2, 0.25) is 0 Å². The maximum atomic E-state index is 5.59. The summed E-state index contributed by atoms with van der Waals surface area (Å²) in [5, 5.41) is 3.45. The molecule has 0 unspecified atom stereocenters. The van der Waals surface area contributed by atoms with Crippen molar-refractivity contribution >= 4 is 5.69 Å². The highest BCUT2D eigenvalue weighted by Gasteiger charge is 2.05. The Hall–Kier alpha value is -2.48. The quantitative estimate of drug-likeness (QED) is 0.726. The van der Waals surface area contributed by atoms with Crippen LogP contribution in [0, 0.1) is 6.92 Å². The number of anilines is 1. The molecule has 2 aromatic carbocycles. The van der Waals surface area contributed by atoms with Crippen LogP contribution in [-0.2, 0) is 6.54 Å². The normalized spacial score (nSPS) is 10.4. The van der Waals surface area contributed by atoms with Gasteiger partial charge in [0.05, 0.1) is 6.54 Å². The van der Waals surface area contributed by atoms with Crippen molar-refractivity contribution in [3.05, 3.63) is 78.3 Å². The van der Waals surface area contributed by atoms with E-state index in [0.717, 1.165) is 17.2 Å². The minimum Gasteiger partial charge on any atom is -0.465 e. The first-order chi connectivity index (χ1) is 9.83. The molecule has 0 aliphatic rings. The van der Waals surface area contributed by atoms with Gasteiger partial charge in [0.15, 0.2) is 0 Å². The molecular formula is C18H17NO. The molecule has 0 fully saturated rings. The number of hydrogen-bond acceptors (Lipinski definition) is 2. The van der Waals surface area contributed by atoms with Gasteiger partial charge in [-0.2, -0.15) is 0 Å². The van der Waals surface area contributed by atoms with Crippen LogP contribution in [0.2, 0.25) is 0 Å². The molecule has 0 spiro atoms. The second kappa shape index (κ2) is 5.66. The molecular weight excluding hydrogens is 246 g/mol. The third-order valence-electron chi connectivity index (χ3n) is 3.26. The van der Waals surface area contributed by atoms with Gasteiger partial charge in [0.25, 0.3) is 0 Å². The van der Waals surface area contributed by atoms with E-state index in [1.165, 1.54) is 11.1 Å². The zero-order valence-corrected chi connectivity index (χ0v) is 11.5. The van der Waals surface area contributed by atoms with Crippen molar-refractivity contribution < 1.29 is 4.42 Å². The minimum absolute atomic E-state index is 0.692. The van der Waals surface area contributed by atoms with Gasteiger partial charge in [-0.05, 0) is 30.7 Å². The Kier molecular flexibility index (Phi) is 3.55. The first-order valence-electron chi connectivity index (χ1n) is 6.76. The van der Waals surface area contributed by atoms with Crippen molar-refractivity contribution in [1.82, 2.24) is 0 Å². The summed E-state index contributed by atoms with van der Waals surface area (Å²) >= 11 is 0. The molecule has 0 radical (unpaired) electrons. The lowest BCUT2D eigenvalue weighted by Crippen LogP contribution is -1.99. The molecule has 1 N–H and O–H groups in total. The molecule has 3 aromatic rings. The zero-order chi connectivity index (χ0) is 13.8. The van der Waals surface area contributed by atoms with Gasteiger partial charge in [-0.1, -0.05) is 48.5 Å². The molecule has 0 saturated heterocycles. The predicted molar refractivity (Wildman–Crippen MR) is 82.6 cm³/mol. The van der Waals surface area contributed by atoms with Gasteiger partial charge in [0, 0.05) is 11.3 Å². The van der Waals surface area contributed by atoms with Crippen LogP contribution in [0.1, 0.15) is 11.5 Å². The Labute approximate surface area is 119 Å². The average Bonchev–Trinajstić information content (AvgIpc) is 2.92. The number of hydrogen-bond donors (Lipinski definition) is 1. The highest BCUT2D eigenvalue weighted by Crippen LogP contribution is 2.27. The summed E-state index contributed by atoms with van der Waals surface area (Å²) < 4.78 is 5.59. The fourth-order valence-corrected chi connectivity index (χ4v) is 2.27. The van der Waals surface area contributed by atoms with Crippen molar-refractivity contribution in [1.29, 1.82) is 0 Å². The number of para-hydroxylation sites is 1. The van der Waals surface area contributed by atoms with Crippen LogP contribution >= 0.6 is 0 Å². The predicted octanol–water partition coefficient (Wildman–Crippen LogP) is 4.87. The first-order valence-corrected chi connectivity index (χ1v) is 6.76. The second-order valence-electron chi connectivity index (χ2n) is 4.78. The van der Waals surface area contributed by atoms with Gasteiger partial charge in [-0.3, -0.25) is 0 Å². The van der Waals surface area contributed by atoms with Gasteiger partial charge < -0.3 is 9.73 Å². The van der Waals surface area contributed by atoms with Gasteiger partial charge in [-0.25, -0.2) is 0 Å². The van der Waals surface area contributed by atoms with E-state index in [4.69, 9.17) is 4.42 Å². The van der Waals surface area contributed by atoms with Crippen LogP contribution in [0.25, 0.3) is 11.1 Å². The Balaban J connectivity index is 1.83. The highest BCUT2D eigenvalue weighted by molar-refractivity contribution is 5.77. The van der Waals surface area contributed by atoms with Crippen LogP contribution < -0.4 is 5.32 Å². The van der Waals surface area contributed by atoms with Crippen LogP contribution in [-0.4, -0.2) is 0 Å². The van der Waals surface area contributed by atoms with E-state index >= 15 is 0 Å². The van der Waals surface area contributed by atoms with Gasteiger partial charge in [-0.15, -0.1) is 0 Å². The molecule has 0 bridgehead atoms. The molecule has 0 atom stereocenters. The molecule has 1 aromatic heterocycles. The highest BCUT2D eigenvalue weighted by atomic mass is 16.3. The Morgan fingerprint density at radius 3 is 2.35 bits per heavy atom. The minimum atomic E-state index is 0.692. The van der Waals surface area contributed by atoms with Crippen LogP contribution in [0.4, 0.5) is 5.69 Å². The summed E-state index contributed by atoms with van der Waals surface area (Å²) in [6.45, 7) is 2.65. The van der Waals surface area contributed by atoms with Crippen LogP contribution in [0.15, 0.2) is 71.1 Å². The lowest BCUT2D eigenvalue weighted by atomic mass is 10.0. The van der Waals surface area contributed by atoms with E-state index in [2.05, 4.69) is 47.8 Å². The third kappa shape index (κ3) is 2.75. The van der Waals surface area contributed by atoms with Crippen molar-refractivity contribution in [2.45, 2.75) is 13.5 Å². The molecule has 100 valence electrons. The smallest absolute Gasteiger partial charge is 0.123 e. The summed E-state index contributed by atoms with van der Waals surface area (Å²) in [6.07, 6.45) is 0. The van der Waals surface area contributed by atoms with Crippen LogP contribution in [0.5, 0.6) is 0 Å². The van der Waals surface area contributed by atoms with E-state index < -0.39 is 0 Å². The standard InChI is InChI=1S/C18H17NO/c1-14-11-12-16(20-14)13-19-18-10-6-5-9-17(18)15-7-3-2-4-8-15/h2-12,19H,13H2,1H3. The lowest BCUT2D eigenvalue weighted by Gasteiger charge is -2.11. The summed E-state index contributed by atoms with van der Waals surface area (Å²) in [4.78, 5) is 0. The molecule has 2 heteroatoms. The maximum absolute atomic E-state index is 5.59. The Morgan fingerprint density at radius 2 is 1.60 bits per heavy atom. The number of nitrogens with one attached hydrogen (secondary N) is 1. The summed E-state index contributed by atoms with van der Waals surface area (Å²) in [5.74, 6) is 1.89. The molecule has 1 heterocycles. The average molecular weight is 263 g/mol. The Morgan fingerprint density at radius 1 is 0.850 bits per heavy atom. The molecule has 0 amide bonds. The zero-order valence-electron chi connectivity index (χ0n) is 11.5. The summed E-state index contributed by atoms with van der Waals surface area (Å²) in [5.41, 5.74) is 3.54. The van der Waals surface area contributed by atoms with Crippen molar-refractivity contribution in [3.8, 4) is 11.1 Å². The fourth-order valence-electron chi connectivity index (χ4n) is 2.27.